The van der Waals surface area contributed by atoms with Crippen LogP contribution in [0.15, 0.2) is 23.3 Å². The van der Waals surface area contributed by atoms with Crippen molar-refractivity contribution < 1.29 is 13.9 Å². The summed E-state index contributed by atoms with van der Waals surface area (Å²) in [5.74, 6) is -0.542. The third-order valence-electron chi connectivity index (χ3n) is 3.67. The van der Waals surface area contributed by atoms with Crippen molar-refractivity contribution >= 4 is 17.5 Å². The third-order valence-corrected chi connectivity index (χ3v) is 3.67. The average Bonchev–Trinajstić information content (AvgIpc) is 2.48. The number of anilines is 1. The first-order valence-electron chi connectivity index (χ1n) is 7.88. The summed E-state index contributed by atoms with van der Waals surface area (Å²) in [6, 6.07) is 4.60. The summed E-state index contributed by atoms with van der Waals surface area (Å²) < 4.78 is 19.1. The van der Waals surface area contributed by atoms with Crippen molar-refractivity contribution in [1.82, 2.24) is 5.32 Å². The molecular weight excluding hydrogens is 313 g/mol. The van der Waals surface area contributed by atoms with Crippen LogP contribution in [0.25, 0.3) is 10.4 Å². The number of ether oxygens (including phenoxy) is 1. The number of benzene rings is 1. The molecule has 0 bridgehead atoms. The molecule has 0 aliphatic carbocycles. The predicted molar refractivity (Wildman–Crippen MR) is 89.8 cm³/mol. The molecule has 0 atom stereocenters. The fourth-order valence-corrected chi connectivity index (χ4v) is 2.64. The molecule has 1 saturated heterocycles. The Hall–Kier alpha value is -2.47. The van der Waals surface area contributed by atoms with E-state index in [1.54, 1.807) is 12.1 Å². The number of hydrogen-bond acceptors (Lipinski definition) is 4. The van der Waals surface area contributed by atoms with E-state index >= 15 is 0 Å². The van der Waals surface area contributed by atoms with Crippen LogP contribution in [-0.2, 0) is 4.74 Å². The Kier molecular flexibility index (Phi) is 5.51. The zero-order chi connectivity index (χ0) is 17.7. The van der Waals surface area contributed by atoms with Crippen molar-refractivity contribution in [3.8, 4) is 0 Å². The maximum absolute atomic E-state index is 13.8. The number of hydrogen-bond donors (Lipinski definition) is 1. The van der Waals surface area contributed by atoms with Crippen LogP contribution in [0.2, 0.25) is 0 Å². The lowest BCUT2D eigenvalue weighted by atomic mass is 10.0. The Morgan fingerprint density at radius 1 is 1.42 bits per heavy atom. The third kappa shape index (κ3) is 4.76. The van der Waals surface area contributed by atoms with Gasteiger partial charge in [0.05, 0.1) is 5.69 Å². The van der Waals surface area contributed by atoms with Crippen molar-refractivity contribution in [2.45, 2.75) is 45.3 Å². The highest BCUT2D eigenvalue weighted by Gasteiger charge is 2.25. The van der Waals surface area contributed by atoms with Crippen LogP contribution in [-0.4, -0.2) is 30.8 Å². The molecule has 130 valence electrons. The van der Waals surface area contributed by atoms with E-state index in [-0.39, 0.29) is 11.7 Å². The zero-order valence-corrected chi connectivity index (χ0v) is 14.1. The second-order valence-corrected chi connectivity index (χ2v) is 6.70. The summed E-state index contributed by atoms with van der Waals surface area (Å²) in [6.07, 6.45) is 0.971. The quantitative estimate of drug-likeness (QED) is 0.508. The van der Waals surface area contributed by atoms with Crippen LogP contribution in [0.1, 0.15) is 33.6 Å². The lowest BCUT2D eigenvalue weighted by Crippen LogP contribution is -2.46. The first kappa shape index (κ1) is 17.9. The van der Waals surface area contributed by atoms with Crippen LogP contribution in [0.3, 0.4) is 0 Å². The second-order valence-electron chi connectivity index (χ2n) is 6.70. The molecule has 1 aromatic carbocycles. The molecule has 2 rings (SSSR count). The Morgan fingerprint density at radius 3 is 2.67 bits per heavy atom. The molecule has 1 N–H and O–H groups in total. The SMILES string of the molecule is CC(C)(C)OC(=O)NC1CCN(c2cccc(F)c2N=[N+]=[N-])CC1. The minimum Gasteiger partial charge on any atom is -0.444 e. The standard InChI is InChI=1S/C16H22FN5O2/c1-16(2,3)24-15(23)19-11-7-9-22(10-8-11)13-6-4-5-12(17)14(13)20-21-18/h4-6,11H,7-10H2,1-3H3,(H,19,23). The van der Waals surface area contributed by atoms with Gasteiger partial charge in [0, 0.05) is 29.7 Å². The molecule has 8 heteroatoms. The highest BCUT2D eigenvalue weighted by molar-refractivity contribution is 5.69. The number of azide groups is 1. The molecule has 0 radical (unpaired) electrons. The lowest BCUT2D eigenvalue weighted by Gasteiger charge is -2.35. The Morgan fingerprint density at radius 2 is 2.08 bits per heavy atom. The van der Waals surface area contributed by atoms with Gasteiger partial charge in [0.2, 0.25) is 0 Å². The number of carbonyl (C=O) groups is 1. The molecule has 1 aromatic rings. The minimum absolute atomic E-state index is 0.00702. The average molecular weight is 335 g/mol. The van der Waals surface area contributed by atoms with E-state index in [0.717, 1.165) is 0 Å². The van der Waals surface area contributed by atoms with E-state index in [4.69, 9.17) is 10.3 Å². The fraction of sp³-hybridized carbons (Fsp3) is 0.562. The summed E-state index contributed by atoms with van der Waals surface area (Å²) in [4.78, 5) is 16.5. The number of amides is 1. The molecule has 1 aliphatic rings. The summed E-state index contributed by atoms with van der Waals surface area (Å²) in [5.41, 5.74) is 8.67. The lowest BCUT2D eigenvalue weighted by molar-refractivity contribution is 0.0497. The van der Waals surface area contributed by atoms with Gasteiger partial charge in [-0.25, -0.2) is 9.18 Å². The molecule has 1 aliphatic heterocycles. The van der Waals surface area contributed by atoms with Gasteiger partial charge in [0.25, 0.3) is 0 Å². The van der Waals surface area contributed by atoms with E-state index in [1.165, 1.54) is 6.07 Å². The van der Waals surface area contributed by atoms with Crippen LogP contribution in [0, 0.1) is 5.82 Å². The van der Waals surface area contributed by atoms with E-state index in [2.05, 4.69) is 15.3 Å². The van der Waals surface area contributed by atoms with Crippen molar-refractivity contribution in [1.29, 1.82) is 0 Å². The largest absolute Gasteiger partial charge is 0.444 e. The van der Waals surface area contributed by atoms with Gasteiger partial charge < -0.3 is 15.0 Å². The Bertz CT molecular complexity index is 644. The van der Waals surface area contributed by atoms with Gasteiger partial charge in [0.15, 0.2) is 0 Å². The molecule has 1 fully saturated rings. The van der Waals surface area contributed by atoms with Gasteiger partial charge in [-0.05, 0) is 51.3 Å². The molecule has 0 unspecified atom stereocenters. The molecule has 7 nitrogen and oxygen atoms in total. The van der Waals surface area contributed by atoms with E-state index in [0.29, 0.717) is 31.6 Å². The van der Waals surface area contributed by atoms with Crippen LogP contribution in [0.5, 0.6) is 0 Å². The van der Waals surface area contributed by atoms with Gasteiger partial charge >= 0.3 is 6.09 Å². The second kappa shape index (κ2) is 7.40. The van der Waals surface area contributed by atoms with Crippen LogP contribution >= 0.6 is 0 Å². The molecule has 24 heavy (non-hydrogen) atoms. The monoisotopic (exact) mass is 335 g/mol. The number of rotatable bonds is 3. The zero-order valence-electron chi connectivity index (χ0n) is 14.1. The predicted octanol–water partition coefficient (Wildman–Crippen LogP) is 4.26. The van der Waals surface area contributed by atoms with Gasteiger partial charge in [-0.2, -0.15) is 0 Å². The molecule has 1 amide bonds. The number of piperidine rings is 1. The summed E-state index contributed by atoms with van der Waals surface area (Å²) in [7, 11) is 0. The van der Waals surface area contributed by atoms with Crippen molar-refractivity contribution in [2.75, 3.05) is 18.0 Å². The number of nitrogens with one attached hydrogen (secondary N) is 1. The van der Waals surface area contributed by atoms with Gasteiger partial charge in [0.1, 0.15) is 11.4 Å². The fourth-order valence-electron chi connectivity index (χ4n) is 2.64. The Labute approximate surface area is 140 Å². The molecule has 0 saturated carbocycles. The van der Waals surface area contributed by atoms with E-state index < -0.39 is 17.5 Å². The van der Waals surface area contributed by atoms with Gasteiger partial charge in [-0.1, -0.05) is 11.2 Å². The number of alkyl carbamates (subject to hydrolysis) is 1. The maximum Gasteiger partial charge on any atom is 0.407 e. The normalized spacial score (nSPS) is 15.6. The highest BCUT2D eigenvalue weighted by atomic mass is 19.1. The van der Waals surface area contributed by atoms with Crippen LogP contribution < -0.4 is 10.2 Å². The number of carbonyl (C=O) groups excluding carboxylic acids is 1. The molecule has 1 heterocycles. The van der Waals surface area contributed by atoms with Crippen molar-refractivity contribution in [3.63, 3.8) is 0 Å². The minimum atomic E-state index is -0.542. The van der Waals surface area contributed by atoms with Crippen LogP contribution in [0.4, 0.5) is 20.6 Å². The summed E-state index contributed by atoms with van der Waals surface area (Å²) >= 11 is 0. The first-order valence-corrected chi connectivity index (χ1v) is 7.88. The molecular formula is C16H22FN5O2. The molecule has 0 spiro atoms. The summed E-state index contributed by atoms with van der Waals surface area (Å²) in [5, 5.41) is 6.32. The highest BCUT2D eigenvalue weighted by Crippen LogP contribution is 2.33. The van der Waals surface area contributed by atoms with Crippen molar-refractivity contribution in [3.05, 3.63) is 34.5 Å². The number of nitrogens with zero attached hydrogens (tertiary/aromatic N) is 4. The van der Waals surface area contributed by atoms with Crippen molar-refractivity contribution in [2.24, 2.45) is 5.11 Å². The first-order chi connectivity index (χ1) is 11.3. The summed E-state index contributed by atoms with van der Waals surface area (Å²) in [6.45, 7) is 6.69. The van der Waals surface area contributed by atoms with E-state index in [9.17, 15) is 9.18 Å². The topological polar surface area (TPSA) is 90.3 Å². The number of halogens is 1. The maximum atomic E-state index is 13.8. The van der Waals surface area contributed by atoms with Gasteiger partial charge in [-0.15, -0.1) is 0 Å². The van der Waals surface area contributed by atoms with E-state index in [1.807, 2.05) is 25.7 Å². The molecule has 0 aromatic heterocycles. The smallest absolute Gasteiger partial charge is 0.407 e. The Balaban J connectivity index is 1.97. The van der Waals surface area contributed by atoms with Gasteiger partial charge in [-0.3, -0.25) is 0 Å².